The van der Waals surface area contributed by atoms with Gasteiger partial charge in [0.15, 0.2) is 5.11 Å². The molecule has 6 heterocycles. The number of aliphatic hydroxyl groups excluding tert-OH is 2. The molecule has 3 aliphatic heterocycles. The minimum atomic E-state index is -1.96. The second kappa shape index (κ2) is 18.2. The molecule has 0 radical (unpaired) electrons. The summed E-state index contributed by atoms with van der Waals surface area (Å²) in [5, 5.41) is 30.4. The molecular weight excluding hydrogens is 846 g/mol. The number of ether oxygens (including phenoxy) is 5. The number of aromatic nitrogens is 4. The molecule has 0 bridgehead atoms. The molecule has 1 amide bonds. The van der Waals surface area contributed by atoms with Crippen LogP contribution in [-0.4, -0.2) is 103 Å². The van der Waals surface area contributed by atoms with Crippen LogP contribution < -0.4 is 26.2 Å². The molecule has 326 valence electrons. The van der Waals surface area contributed by atoms with Crippen LogP contribution in [0.4, 0.5) is 5.69 Å². The van der Waals surface area contributed by atoms with Crippen molar-refractivity contribution in [3.8, 4) is 17.1 Å². The van der Waals surface area contributed by atoms with E-state index in [1.54, 1.807) is 54.9 Å². The number of cyclic esters (lactones) is 1. The molecule has 1 fully saturated rings. The van der Waals surface area contributed by atoms with Gasteiger partial charge in [0, 0.05) is 47.6 Å². The van der Waals surface area contributed by atoms with Gasteiger partial charge in [-0.05, 0) is 68.0 Å². The van der Waals surface area contributed by atoms with Crippen LogP contribution in [-0.2, 0) is 58.5 Å². The minimum Gasteiger partial charge on any atom is -0.462 e. The lowest BCUT2D eigenvalue weighted by Crippen LogP contribution is -2.59. The lowest BCUT2D eigenvalue weighted by atomic mass is 9.85. The van der Waals surface area contributed by atoms with Crippen molar-refractivity contribution in [2.45, 2.75) is 82.2 Å². The Bertz CT molecular complexity index is 2560. The molecule has 6 N–H and O–H groups in total. The lowest BCUT2D eigenvalue weighted by molar-refractivity contribution is -0.272. The largest absolute Gasteiger partial charge is 0.462 e. The van der Waals surface area contributed by atoms with Crippen LogP contribution in [0.3, 0.4) is 0 Å². The molecule has 3 aromatic heterocycles. The summed E-state index contributed by atoms with van der Waals surface area (Å²) >= 11 is 5.55. The summed E-state index contributed by atoms with van der Waals surface area (Å²) < 4.78 is 29.6. The number of rotatable bonds is 12. The first-order valence-corrected chi connectivity index (χ1v) is 20.0. The van der Waals surface area contributed by atoms with Crippen LogP contribution in [0.25, 0.3) is 22.3 Å². The van der Waals surface area contributed by atoms with E-state index in [4.69, 9.17) is 40.9 Å². The van der Waals surface area contributed by atoms with Crippen LogP contribution in [0.1, 0.15) is 42.7 Å². The summed E-state index contributed by atoms with van der Waals surface area (Å²) in [6.07, 6.45) is -1.87. The Morgan fingerprint density at radius 2 is 1.89 bits per heavy atom. The second-order valence-electron chi connectivity index (χ2n) is 14.9. The van der Waals surface area contributed by atoms with Crippen LogP contribution in [0.2, 0.25) is 0 Å². The van der Waals surface area contributed by atoms with Gasteiger partial charge < -0.3 is 59.4 Å². The number of methoxy groups -OCH3 is 1. The third kappa shape index (κ3) is 8.46. The molecule has 3 aliphatic rings. The first-order valence-electron chi connectivity index (χ1n) is 19.6. The van der Waals surface area contributed by atoms with Crippen molar-refractivity contribution >= 4 is 64.2 Å². The van der Waals surface area contributed by atoms with Gasteiger partial charge in [-0.2, -0.15) is 0 Å². The number of nitrogens with zero attached hydrogens (tertiary/aromatic N) is 3. The number of hydrogen-bond donors (Lipinski definition) is 6. The number of para-hydroxylation sites is 1. The summed E-state index contributed by atoms with van der Waals surface area (Å²) in [5.41, 5.74) is 1.87. The number of H-pyrrole nitrogens is 1. The molecule has 7 atom stereocenters. The highest BCUT2D eigenvalue weighted by Gasteiger charge is 2.50. The zero-order valence-electron chi connectivity index (χ0n) is 33.7. The molecule has 1 saturated heterocycles. The third-order valence-electron chi connectivity index (χ3n) is 11.1. The van der Waals surface area contributed by atoms with Gasteiger partial charge in [-0.25, -0.2) is 14.8 Å². The Labute approximate surface area is 365 Å². The Morgan fingerprint density at radius 1 is 1.11 bits per heavy atom. The number of fused-ring (bicyclic) bond motifs is 5. The molecule has 2 aromatic carbocycles. The number of carbonyl (C=O) groups is 3. The van der Waals surface area contributed by atoms with Crippen molar-refractivity contribution in [2.75, 3.05) is 19.0 Å². The van der Waals surface area contributed by atoms with Crippen molar-refractivity contribution in [2.24, 2.45) is 0 Å². The van der Waals surface area contributed by atoms with Crippen molar-refractivity contribution in [1.29, 1.82) is 0 Å². The highest BCUT2D eigenvalue weighted by Crippen LogP contribution is 2.41. The van der Waals surface area contributed by atoms with E-state index in [1.165, 1.54) is 13.4 Å². The van der Waals surface area contributed by atoms with Crippen LogP contribution in [0.15, 0.2) is 78.0 Å². The third-order valence-corrected chi connectivity index (χ3v) is 11.3. The van der Waals surface area contributed by atoms with Gasteiger partial charge >= 0.3 is 11.9 Å². The number of hydrogen-bond acceptors (Lipinski definition) is 14. The quantitative estimate of drug-likeness (QED) is 0.0764. The number of thiocarbonyl (C=S) groups is 1. The molecule has 0 spiro atoms. The van der Waals surface area contributed by atoms with Crippen molar-refractivity contribution in [1.82, 2.24) is 30.2 Å². The zero-order valence-corrected chi connectivity index (χ0v) is 35.3. The van der Waals surface area contributed by atoms with Crippen molar-refractivity contribution < 1.29 is 48.3 Å². The lowest BCUT2D eigenvalue weighted by Gasteiger charge is -2.40. The van der Waals surface area contributed by atoms with Crippen LogP contribution >= 0.6 is 24.6 Å². The average Bonchev–Trinajstić information content (AvgIpc) is 3.90. The van der Waals surface area contributed by atoms with E-state index in [-0.39, 0.29) is 60.2 Å². The van der Waals surface area contributed by atoms with E-state index < -0.39 is 66.7 Å². The first kappa shape index (κ1) is 44.1. The molecule has 5 aromatic rings. The highest BCUT2D eigenvalue weighted by atomic mass is 35.5. The van der Waals surface area contributed by atoms with Gasteiger partial charge in [0.1, 0.15) is 43.3 Å². The van der Waals surface area contributed by atoms with Gasteiger partial charge in [-0.15, -0.1) is 12.4 Å². The fourth-order valence-corrected chi connectivity index (χ4v) is 8.13. The molecule has 0 unspecified atom stereocenters. The molecule has 0 aliphatic carbocycles. The molecule has 62 heavy (non-hydrogen) atoms. The monoisotopic (exact) mass is 889 g/mol. The van der Waals surface area contributed by atoms with Gasteiger partial charge in [-0.1, -0.05) is 25.1 Å². The number of anilines is 1. The Balaban J connectivity index is 0.00000578. The number of benzene rings is 2. The molecular formula is C42H44ClN7O11S. The minimum absolute atomic E-state index is 0. The maximum atomic E-state index is 13.9. The average molecular weight is 890 g/mol. The predicted molar refractivity (Wildman–Crippen MR) is 228 cm³/mol. The first-order chi connectivity index (χ1) is 29.4. The van der Waals surface area contributed by atoms with Gasteiger partial charge in [0.05, 0.1) is 41.4 Å². The number of aromatic amines is 1. The summed E-state index contributed by atoms with van der Waals surface area (Å²) in [4.78, 5) is 66.5. The van der Waals surface area contributed by atoms with Gasteiger partial charge in [0.25, 0.3) is 5.56 Å². The summed E-state index contributed by atoms with van der Waals surface area (Å²) in [6, 6.07) is 16.8. The van der Waals surface area contributed by atoms with E-state index in [2.05, 4.69) is 25.9 Å². The van der Waals surface area contributed by atoms with Gasteiger partial charge in [-0.3, -0.25) is 14.4 Å². The number of nitrogens with one attached hydrogen (secondary N) is 4. The summed E-state index contributed by atoms with van der Waals surface area (Å²) in [7, 11) is 1.38. The number of halogens is 1. The number of amides is 1. The van der Waals surface area contributed by atoms with E-state index in [0.29, 0.717) is 28.5 Å². The number of carbonyl (C=O) groups excluding carboxylic acids is 3. The van der Waals surface area contributed by atoms with E-state index in [1.807, 2.05) is 30.3 Å². The Morgan fingerprint density at radius 3 is 2.61 bits per heavy atom. The fraction of sp³-hybridized carbons (Fsp3) is 0.357. The predicted octanol–water partition coefficient (Wildman–Crippen LogP) is 2.35. The van der Waals surface area contributed by atoms with E-state index in [9.17, 15) is 29.4 Å². The summed E-state index contributed by atoms with van der Waals surface area (Å²) in [5.74, 6) is -2.04. The van der Waals surface area contributed by atoms with E-state index >= 15 is 0 Å². The second-order valence-corrected chi connectivity index (χ2v) is 15.3. The molecule has 20 heteroatoms. The maximum Gasteiger partial charge on any atom is 0.355 e. The number of aliphatic hydroxyl groups is 2. The standard InChI is InChI=1S/C42H43N7O11S.ClH/c1-4-42(28-15-31-33-23(13-22-7-5-6-8-29(22)47-33)18-49(31)38(54)27(28)19-57-40(42)55)60-32(50)17-44-37(53)30(14-25-16-43-20-45-25)48-41(61)46-24-9-11-26(12-10-24)59-39-35(52)36(56-3)34(51)21(2)58-39;/h5-13,15-16,20-21,30,34-36,39,51-52H,4,14,17-19H2,1-3H3,(H,43,45)(H,44,53)(H2,46,48,61);1H/t21-,30-,34+,35-,36+,39+,42-;/m0./s1. The maximum absolute atomic E-state index is 13.9. The van der Waals surface area contributed by atoms with Crippen LogP contribution in [0, 0.1) is 0 Å². The number of esters is 2. The van der Waals surface area contributed by atoms with Crippen molar-refractivity contribution in [3.63, 3.8) is 0 Å². The number of pyridine rings is 2. The van der Waals surface area contributed by atoms with Crippen molar-refractivity contribution in [3.05, 3.63) is 106 Å². The molecule has 8 rings (SSSR count). The SMILES string of the molecule is CC[C@@]1(OC(=O)CNC(=O)[C@H](Cc2cnc[nH]2)NC(=S)Nc2ccc(O[C@H]3O[C@@H](C)[C@@H](O)[C@@H](OC)[C@@H]3O)cc2)C(=O)OCc2c1cc1n(c2=O)Cc2cc3ccccc3nc2-1.Cl. The number of imidazole rings is 1. The Kier molecular flexibility index (Phi) is 12.9. The fourth-order valence-electron chi connectivity index (χ4n) is 7.87. The van der Waals surface area contributed by atoms with Crippen LogP contribution in [0.5, 0.6) is 5.75 Å². The molecule has 18 nitrogen and oxygen atoms in total. The highest BCUT2D eigenvalue weighted by molar-refractivity contribution is 7.80. The molecule has 0 saturated carbocycles. The normalized spacial score (nSPS) is 22.8. The Hall–Kier alpha value is -5.96. The summed E-state index contributed by atoms with van der Waals surface area (Å²) in [6.45, 7) is 2.65. The smallest absolute Gasteiger partial charge is 0.355 e. The topological polar surface area (TPSA) is 237 Å². The van der Waals surface area contributed by atoms with Gasteiger partial charge in [0.2, 0.25) is 17.8 Å². The zero-order chi connectivity index (χ0) is 43.0. The van der Waals surface area contributed by atoms with E-state index in [0.717, 1.165) is 16.5 Å².